The molecule has 0 bridgehead atoms. The second-order valence-electron chi connectivity index (χ2n) is 6.30. The van der Waals surface area contributed by atoms with Crippen molar-refractivity contribution in [1.82, 2.24) is 10.3 Å². The van der Waals surface area contributed by atoms with Gasteiger partial charge in [0.15, 0.2) is 5.96 Å². The predicted molar refractivity (Wildman–Crippen MR) is 102 cm³/mol. The Bertz CT molecular complexity index is 509. The molecule has 122 valence electrons. The topological polar surface area (TPSA) is 63.3 Å². The van der Waals surface area contributed by atoms with E-state index in [1.807, 2.05) is 0 Å². The van der Waals surface area contributed by atoms with Crippen LogP contribution in [0.25, 0.3) is 0 Å². The number of rotatable bonds is 3. The zero-order valence-corrected chi connectivity index (χ0v) is 15.5. The van der Waals surface area contributed by atoms with E-state index in [4.69, 9.17) is 10.7 Å². The van der Waals surface area contributed by atoms with E-state index in [0.29, 0.717) is 18.5 Å². The van der Waals surface area contributed by atoms with E-state index in [-0.39, 0.29) is 24.0 Å². The Balaban J connectivity index is 0.00000176. The Morgan fingerprint density at radius 1 is 1.14 bits per heavy atom. The van der Waals surface area contributed by atoms with E-state index in [0.717, 1.165) is 12.1 Å². The molecule has 1 heterocycles. The second-order valence-corrected chi connectivity index (χ2v) is 6.30. The van der Waals surface area contributed by atoms with Crippen molar-refractivity contribution in [3.05, 3.63) is 29.1 Å². The van der Waals surface area contributed by atoms with Gasteiger partial charge in [0.25, 0.3) is 0 Å². The van der Waals surface area contributed by atoms with Crippen LogP contribution in [0.1, 0.15) is 61.9 Å². The molecule has 5 heteroatoms. The zero-order chi connectivity index (χ0) is 14.5. The first-order valence-electron chi connectivity index (χ1n) is 8.35. The number of pyridine rings is 1. The van der Waals surface area contributed by atoms with E-state index < -0.39 is 0 Å². The van der Waals surface area contributed by atoms with E-state index in [2.05, 4.69) is 22.4 Å². The monoisotopic (exact) mass is 414 g/mol. The van der Waals surface area contributed by atoms with Gasteiger partial charge in [-0.1, -0.05) is 25.3 Å². The summed E-state index contributed by atoms with van der Waals surface area (Å²) in [6.07, 6.45) is 11.2. The number of nitrogens with zero attached hydrogens (tertiary/aromatic N) is 2. The fourth-order valence-electron chi connectivity index (χ4n) is 3.38. The maximum Gasteiger partial charge on any atom is 0.189 e. The van der Waals surface area contributed by atoms with Crippen molar-refractivity contribution in [3.63, 3.8) is 0 Å². The molecule has 0 saturated heterocycles. The van der Waals surface area contributed by atoms with Crippen LogP contribution in [0.5, 0.6) is 0 Å². The fourth-order valence-corrected chi connectivity index (χ4v) is 3.38. The Labute approximate surface area is 150 Å². The number of guanidine groups is 1. The van der Waals surface area contributed by atoms with Crippen LogP contribution in [0, 0.1) is 0 Å². The molecule has 0 spiro atoms. The highest BCUT2D eigenvalue weighted by molar-refractivity contribution is 14.0. The van der Waals surface area contributed by atoms with Crippen molar-refractivity contribution in [2.45, 2.75) is 70.4 Å². The molecule has 0 unspecified atom stereocenters. The van der Waals surface area contributed by atoms with Gasteiger partial charge in [-0.25, -0.2) is 4.99 Å². The molecule has 2 aliphatic rings. The van der Waals surface area contributed by atoms with Crippen molar-refractivity contribution < 1.29 is 0 Å². The molecule has 1 saturated carbocycles. The molecule has 0 amide bonds. The molecule has 2 aliphatic carbocycles. The number of fused-ring (bicyclic) bond motifs is 1. The summed E-state index contributed by atoms with van der Waals surface area (Å²) in [6.45, 7) is 0.582. The first kappa shape index (κ1) is 17.5. The minimum absolute atomic E-state index is 0. The molecule has 1 fully saturated rings. The van der Waals surface area contributed by atoms with Gasteiger partial charge in [-0.2, -0.15) is 0 Å². The second kappa shape index (κ2) is 8.70. The highest BCUT2D eigenvalue weighted by Gasteiger charge is 2.13. The number of aliphatic imine (C=N–C) groups is 1. The summed E-state index contributed by atoms with van der Waals surface area (Å²) in [5, 5.41) is 3.35. The number of hydrogen-bond donors (Lipinski definition) is 2. The van der Waals surface area contributed by atoms with Gasteiger partial charge in [-0.15, -0.1) is 24.0 Å². The molecule has 1 aromatic heterocycles. The van der Waals surface area contributed by atoms with Gasteiger partial charge in [0.05, 0.1) is 12.2 Å². The van der Waals surface area contributed by atoms with Gasteiger partial charge >= 0.3 is 0 Å². The third kappa shape index (κ3) is 4.83. The average molecular weight is 414 g/mol. The quantitative estimate of drug-likeness (QED) is 0.453. The van der Waals surface area contributed by atoms with Gasteiger partial charge < -0.3 is 11.1 Å². The zero-order valence-electron chi connectivity index (χ0n) is 13.2. The van der Waals surface area contributed by atoms with Crippen LogP contribution in [-0.4, -0.2) is 17.0 Å². The van der Waals surface area contributed by atoms with Crippen molar-refractivity contribution in [1.29, 1.82) is 0 Å². The maximum absolute atomic E-state index is 6.00. The molecule has 0 aliphatic heterocycles. The van der Waals surface area contributed by atoms with Crippen LogP contribution in [0.15, 0.2) is 17.1 Å². The van der Waals surface area contributed by atoms with Crippen LogP contribution in [0.2, 0.25) is 0 Å². The molecule has 0 atom stereocenters. The molecule has 3 N–H and O–H groups in total. The van der Waals surface area contributed by atoms with Crippen LogP contribution in [-0.2, 0) is 19.4 Å². The first-order chi connectivity index (χ1) is 10.3. The summed E-state index contributed by atoms with van der Waals surface area (Å²) in [6, 6.07) is 4.83. The van der Waals surface area contributed by atoms with E-state index in [1.54, 1.807) is 0 Å². The number of nitrogens with one attached hydrogen (secondary N) is 1. The molecule has 0 radical (unpaired) electrons. The Kier molecular flexibility index (Phi) is 6.92. The summed E-state index contributed by atoms with van der Waals surface area (Å²) in [4.78, 5) is 9.20. The summed E-state index contributed by atoms with van der Waals surface area (Å²) in [5.74, 6) is 0.571. The van der Waals surface area contributed by atoms with Gasteiger partial charge in [0, 0.05) is 11.7 Å². The normalized spacial score (nSPS) is 19.2. The number of halogens is 1. The van der Waals surface area contributed by atoms with Gasteiger partial charge in [-0.3, -0.25) is 4.98 Å². The van der Waals surface area contributed by atoms with Crippen LogP contribution in [0.3, 0.4) is 0 Å². The summed E-state index contributed by atoms with van der Waals surface area (Å²) >= 11 is 0. The molecule has 22 heavy (non-hydrogen) atoms. The van der Waals surface area contributed by atoms with Gasteiger partial charge in [0.1, 0.15) is 0 Å². The lowest BCUT2D eigenvalue weighted by Crippen LogP contribution is -2.41. The van der Waals surface area contributed by atoms with E-state index >= 15 is 0 Å². The van der Waals surface area contributed by atoms with Gasteiger partial charge in [0.2, 0.25) is 0 Å². The Morgan fingerprint density at radius 3 is 2.73 bits per heavy atom. The Morgan fingerprint density at radius 2 is 1.91 bits per heavy atom. The van der Waals surface area contributed by atoms with Crippen molar-refractivity contribution in [2.75, 3.05) is 0 Å². The minimum Gasteiger partial charge on any atom is -0.370 e. The molecule has 3 rings (SSSR count). The standard InChI is InChI=1S/C17H26N4.HI/c18-17(21-14-7-2-1-3-8-14)19-12-15-11-10-13-6-4-5-9-16(13)20-15;/h10-11,14H,1-9,12H2,(H3,18,19,21);1H. The third-order valence-electron chi connectivity index (χ3n) is 4.60. The number of aromatic nitrogens is 1. The molecule has 0 aromatic carbocycles. The predicted octanol–water partition coefficient (Wildman–Crippen LogP) is 3.32. The highest BCUT2D eigenvalue weighted by atomic mass is 127. The van der Waals surface area contributed by atoms with Crippen molar-refractivity contribution in [3.8, 4) is 0 Å². The van der Waals surface area contributed by atoms with Crippen LogP contribution >= 0.6 is 24.0 Å². The summed E-state index contributed by atoms with van der Waals surface area (Å²) in [7, 11) is 0. The first-order valence-corrected chi connectivity index (χ1v) is 8.35. The minimum atomic E-state index is 0. The summed E-state index contributed by atoms with van der Waals surface area (Å²) in [5.41, 5.74) is 9.72. The highest BCUT2D eigenvalue weighted by Crippen LogP contribution is 2.20. The van der Waals surface area contributed by atoms with Crippen LogP contribution in [0.4, 0.5) is 0 Å². The Hall–Kier alpha value is -0.850. The SMILES string of the molecule is I.NC(=NCc1ccc2c(n1)CCCC2)NC1CCCCC1. The number of nitrogens with two attached hydrogens (primary N) is 1. The number of hydrogen-bond acceptors (Lipinski definition) is 2. The molecular formula is C17H27IN4. The van der Waals surface area contributed by atoms with E-state index in [1.165, 1.54) is 62.6 Å². The molecular weight excluding hydrogens is 387 g/mol. The lowest BCUT2D eigenvalue weighted by atomic mass is 9.96. The largest absolute Gasteiger partial charge is 0.370 e. The van der Waals surface area contributed by atoms with Crippen molar-refractivity contribution in [2.24, 2.45) is 10.7 Å². The third-order valence-corrected chi connectivity index (χ3v) is 4.60. The fraction of sp³-hybridized carbons (Fsp3) is 0.647. The maximum atomic E-state index is 6.00. The average Bonchev–Trinajstić information content (AvgIpc) is 2.54. The van der Waals surface area contributed by atoms with E-state index in [9.17, 15) is 0 Å². The lowest BCUT2D eigenvalue weighted by molar-refractivity contribution is 0.412. The lowest BCUT2D eigenvalue weighted by Gasteiger charge is -2.23. The smallest absolute Gasteiger partial charge is 0.189 e. The van der Waals surface area contributed by atoms with Gasteiger partial charge in [-0.05, 0) is 50.2 Å². The number of aryl methyl sites for hydroxylation is 2. The van der Waals surface area contributed by atoms with Crippen molar-refractivity contribution >= 4 is 29.9 Å². The van der Waals surface area contributed by atoms with Crippen LogP contribution < -0.4 is 11.1 Å². The summed E-state index contributed by atoms with van der Waals surface area (Å²) < 4.78 is 0. The molecule has 4 nitrogen and oxygen atoms in total. The molecule has 1 aromatic rings.